The second-order valence-electron chi connectivity index (χ2n) is 8.60. The molecule has 3 aromatic rings. The molecular weight excluding hydrogens is 468 g/mol. The van der Waals surface area contributed by atoms with Crippen LogP contribution in [0.15, 0.2) is 78.0 Å². The van der Waals surface area contributed by atoms with Crippen molar-refractivity contribution >= 4 is 17.3 Å². The Morgan fingerprint density at radius 2 is 1.83 bits per heavy atom. The summed E-state index contributed by atoms with van der Waals surface area (Å²) in [5.74, 6) is 2.18. The summed E-state index contributed by atoms with van der Waals surface area (Å²) in [6.07, 6.45) is -0.191. The minimum absolute atomic E-state index is 0.153. The fourth-order valence-corrected chi connectivity index (χ4v) is 4.39. The molecule has 0 unspecified atom stereocenters. The Kier molecular flexibility index (Phi) is 7.37. The van der Waals surface area contributed by atoms with E-state index < -0.39 is 6.10 Å². The van der Waals surface area contributed by atoms with Gasteiger partial charge >= 0.3 is 0 Å². The predicted molar refractivity (Wildman–Crippen MR) is 133 cm³/mol. The lowest BCUT2D eigenvalue weighted by atomic mass is 10.0. The first-order valence-electron chi connectivity index (χ1n) is 11.6. The maximum atomic E-state index is 10.7. The molecule has 5 rings (SSSR count). The summed E-state index contributed by atoms with van der Waals surface area (Å²) < 4.78 is 16.6. The highest BCUT2D eigenvalue weighted by Gasteiger charge is 2.27. The molecule has 0 aromatic heterocycles. The fraction of sp³-hybridized carbons (Fsp3) is 0.296. The molecule has 2 aliphatic rings. The van der Waals surface area contributed by atoms with Crippen LogP contribution in [0.1, 0.15) is 17.5 Å². The number of aliphatic hydroxyl groups excluding tert-OH is 1. The van der Waals surface area contributed by atoms with Gasteiger partial charge in [0.2, 0.25) is 6.79 Å². The lowest BCUT2D eigenvalue weighted by molar-refractivity contribution is 0.0213. The van der Waals surface area contributed by atoms with E-state index in [9.17, 15) is 5.11 Å². The minimum atomic E-state index is -0.687. The summed E-state index contributed by atoms with van der Waals surface area (Å²) in [5.41, 5.74) is 2.80. The summed E-state index contributed by atoms with van der Waals surface area (Å²) in [5, 5.41) is 15.7. The summed E-state index contributed by atoms with van der Waals surface area (Å²) in [6.45, 7) is 1.97. The van der Waals surface area contributed by atoms with Gasteiger partial charge in [0.25, 0.3) is 0 Å². The Labute approximate surface area is 209 Å². The minimum Gasteiger partial charge on any atom is -0.491 e. The zero-order valence-electron chi connectivity index (χ0n) is 19.2. The zero-order valence-corrected chi connectivity index (χ0v) is 19.9. The molecule has 2 aliphatic heterocycles. The van der Waals surface area contributed by atoms with E-state index in [4.69, 9.17) is 30.6 Å². The van der Waals surface area contributed by atoms with Crippen LogP contribution < -0.4 is 14.2 Å². The van der Waals surface area contributed by atoms with Gasteiger partial charge in [-0.25, -0.2) is 0 Å². The van der Waals surface area contributed by atoms with Crippen molar-refractivity contribution in [2.45, 2.75) is 25.2 Å². The number of nitrogens with zero attached hydrogens (tertiary/aromatic N) is 2. The average Bonchev–Trinajstić information content (AvgIpc) is 3.54. The summed E-state index contributed by atoms with van der Waals surface area (Å²) >= 11 is 6.42. The van der Waals surface area contributed by atoms with E-state index in [1.165, 1.54) is 0 Å². The molecule has 182 valence electrons. The number of fused-ring (bicyclic) bond motifs is 1. The summed E-state index contributed by atoms with van der Waals surface area (Å²) in [6, 6.07) is 23.0. The van der Waals surface area contributed by atoms with E-state index in [1.807, 2.05) is 72.8 Å². The van der Waals surface area contributed by atoms with Crippen LogP contribution in [0, 0.1) is 0 Å². The molecule has 0 amide bonds. The van der Waals surface area contributed by atoms with Crippen molar-refractivity contribution in [3.05, 3.63) is 88.9 Å². The lowest BCUT2D eigenvalue weighted by Gasteiger charge is -2.27. The van der Waals surface area contributed by atoms with Gasteiger partial charge in [-0.05, 0) is 42.0 Å². The Hall–Kier alpha value is -3.26. The van der Waals surface area contributed by atoms with Crippen LogP contribution in [0.4, 0.5) is 0 Å². The largest absolute Gasteiger partial charge is 0.491 e. The third-order valence-corrected chi connectivity index (χ3v) is 6.28. The monoisotopic (exact) mass is 494 g/mol. The topological polar surface area (TPSA) is 72.8 Å². The maximum Gasteiger partial charge on any atom is 0.231 e. The van der Waals surface area contributed by atoms with E-state index in [0.717, 1.165) is 34.1 Å². The number of hydrogen-bond donors (Lipinski definition) is 1. The third-order valence-electron chi connectivity index (χ3n) is 5.91. The first-order valence-corrected chi connectivity index (χ1v) is 12.0. The molecule has 3 aromatic carbocycles. The zero-order chi connectivity index (χ0) is 24.0. The molecule has 0 fully saturated rings. The van der Waals surface area contributed by atoms with E-state index in [0.29, 0.717) is 31.1 Å². The van der Waals surface area contributed by atoms with Crippen LogP contribution in [-0.2, 0) is 11.4 Å². The smallest absolute Gasteiger partial charge is 0.231 e. The molecule has 0 bridgehead atoms. The van der Waals surface area contributed by atoms with Gasteiger partial charge in [-0.1, -0.05) is 53.2 Å². The third kappa shape index (κ3) is 6.06. The molecule has 1 N–H and O–H groups in total. The van der Waals surface area contributed by atoms with Gasteiger partial charge in [0.05, 0.1) is 5.71 Å². The van der Waals surface area contributed by atoms with Gasteiger partial charge in [0, 0.05) is 36.6 Å². The van der Waals surface area contributed by atoms with E-state index in [2.05, 4.69) is 10.1 Å². The van der Waals surface area contributed by atoms with Gasteiger partial charge in [0.1, 0.15) is 24.6 Å². The highest BCUT2D eigenvalue weighted by molar-refractivity contribution is 6.31. The van der Waals surface area contributed by atoms with Crippen LogP contribution in [-0.4, -0.2) is 54.4 Å². The quantitative estimate of drug-likeness (QED) is 0.447. The van der Waals surface area contributed by atoms with Crippen LogP contribution in [0.3, 0.4) is 0 Å². The van der Waals surface area contributed by atoms with Crippen molar-refractivity contribution in [2.24, 2.45) is 5.16 Å². The van der Waals surface area contributed by atoms with Crippen molar-refractivity contribution in [3.63, 3.8) is 0 Å². The maximum absolute atomic E-state index is 10.7. The second kappa shape index (κ2) is 11.0. The number of oxime groups is 1. The Balaban J connectivity index is 1.22. The Morgan fingerprint density at radius 3 is 2.69 bits per heavy atom. The SMILES string of the molecule is O[C@H](COc1ccccc1)CN(Cc1ccccc1Cl)C[C@H]1CC(c2ccc3c(c2)OCO3)=NO1. The van der Waals surface area contributed by atoms with Crippen LogP contribution in [0.25, 0.3) is 0 Å². The molecular formula is C27H27ClN2O5. The van der Waals surface area contributed by atoms with Crippen molar-refractivity contribution < 1.29 is 24.2 Å². The predicted octanol–water partition coefficient (Wildman–Crippen LogP) is 4.50. The average molecular weight is 495 g/mol. The number of aliphatic hydroxyl groups is 1. The number of hydrogen-bond acceptors (Lipinski definition) is 7. The molecule has 0 saturated carbocycles. The van der Waals surface area contributed by atoms with Crippen molar-refractivity contribution in [2.75, 3.05) is 26.5 Å². The van der Waals surface area contributed by atoms with Gasteiger partial charge < -0.3 is 24.2 Å². The van der Waals surface area contributed by atoms with Crippen LogP contribution in [0.2, 0.25) is 5.02 Å². The summed E-state index contributed by atoms with van der Waals surface area (Å²) in [7, 11) is 0. The lowest BCUT2D eigenvalue weighted by Crippen LogP contribution is -2.39. The molecule has 7 nitrogen and oxygen atoms in total. The Morgan fingerprint density at radius 1 is 1.03 bits per heavy atom. The highest BCUT2D eigenvalue weighted by atomic mass is 35.5. The number of benzene rings is 3. The molecule has 0 aliphatic carbocycles. The highest BCUT2D eigenvalue weighted by Crippen LogP contribution is 2.33. The van der Waals surface area contributed by atoms with Gasteiger partial charge in [-0.3, -0.25) is 4.90 Å². The van der Waals surface area contributed by atoms with Gasteiger partial charge in [0.15, 0.2) is 11.5 Å². The number of para-hydroxylation sites is 1. The van der Waals surface area contributed by atoms with Crippen molar-refractivity contribution in [1.82, 2.24) is 4.90 Å². The summed E-state index contributed by atoms with van der Waals surface area (Å²) in [4.78, 5) is 7.91. The molecule has 35 heavy (non-hydrogen) atoms. The molecule has 8 heteroatoms. The van der Waals surface area contributed by atoms with Crippen LogP contribution >= 0.6 is 11.6 Å². The normalized spacial score (nSPS) is 17.2. The van der Waals surface area contributed by atoms with Crippen molar-refractivity contribution in [1.29, 1.82) is 0 Å². The first-order chi connectivity index (χ1) is 17.1. The molecule has 0 spiro atoms. The van der Waals surface area contributed by atoms with Crippen molar-refractivity contribution in [3.8, 4) is 17.2 Å². The molecule has 0 radical (unpaired) electrons. The van der Waals surface area contributed by atoms with E-state index in [1.54, 1.807) is 0 Å². The number of ether oxygens (including phenoxy) is 3. The van der Waals surface area contributed by atoms with E-state index in [-0.39, 0.29) is 19.5 Å². The fourth-order valence-electron chi connectivity index (χ4n) is 4.19. The molecule has 0 saturated heterocycles. The van der Waals surface area contributed by atoms with E-state index >= 15 is 0 Å². The second-order valence-corrected chi connectivity index (χ2v) is 9.01. The van der Waals surface area contributed by atoms with Crippen LogP contribution in [0.5, 0.6) is 17.2 Å². The first kappa shape index (κ1) is 23.5. The van der Waals surface area contributed by atoms with Gasteiger partial charge in [-0.15, -0.1) is 0 Å². The van der Waals surface area contributed by atoms with Gasteiger partial charge in [-0.2, -0.15) is 0 Å². The standard InChI is InChI=1S/C27H27ClN2O5/c28-24-9-5-4-6-20(24)14-30(15-21(31)17-32-22-7-2-1-3-8-22)16-23-13-25(29-35-23)19-10-11-26-27(12-19)34-18-33-26/h1-12,21,23,31H,13-18H2/t21-,23+/m0/s1. The molecule has 2 heterocycles. The number of rotatable bonds is 10. The Bertz CT molecular complexity index is 1170. The number of halogens is 1. The molecule has 2 atom stereocenters.